The van der Waals surface area contributed by atoms with E-state index in [0.29, 0.717) is 0 Å². The summed E-state index contributed by atoms with van der Waals surface area (Å²) in [5.74, 6) is -2.33. The molecule has 0 amide bonds. The molecule has 0 atom stereocenters. The summed E-state index contributed by atoms with van der Waals surface area (Å²) in [5, 5.41) is 17.6. The Balaban J connectivity index is 2.90. The minimum atomic E-state index is -4.84. The Labute approximate surface area is 93.6 Å². The Kier molecular flexibility index (Phi) is 3.62. The van der Waals surface area contributed by atoms with Crippen LogP contribution in [0, 0.1) is 0 Å². The van der Waals surface area contributed by atoms with E-state index in [1.165, 1.54) is 0 Å². The molecule has 0 saturated carbocycles. The summed E-state index contributed by atoms with van der Waals surface area (Å²) >= 11 is 0. The molecule has 92 valence electrons. The molecular weight excluding hydrogens is 241 g/mol. The predicted octanol–water partition coefficient (Wildman–Crippen LogP) is 2.39. The third kappa shape index (κ3) is 4.45. The number of hydrogen-bond acceptors (Lipinski definition) is 3. The molecule has 0 unspecified atom stereocenters. The van der Waals surface area contributed by atoms with E-state index in [-0.39, 0.29) is 5.56 Å². The number of hydrogen-bond donors (Lipinski definition) is 2. The zero-order chi connectivity index (χ0) is 13.1. The molecule has 0 heterocycles. The summed E-state index contributed by atoms with van der Waals surface area (Å²) < 4.78 is 39.1. The molecule has 0 spiro atoms. The molecule has 1 rings (SSSR count). The quantitative estimate of drug-likeness (QED) is 0.806. The average Bonchev–Trinajstić information content (AvgIpc) is 2.13. The van der Waals surface area contributed by atoms with E-state index < -0.39 is 23.8 Å². The van der Waals surface area contributed by atoms with E-state index >= 15 is 0 Å². The maximum atomic E-state index is 11.8. The number of alkyl halides is 3. The zero-order valence-corrected chi connectivity index (χ0v) is 8.23. The van der Waals surface area contributed by atoms with Crippen LogP contribution in [0.1, 0.15) is 5.56 Å². The van der Waals surface area contributed by atoms with Gasteiger partial charge in [0.25, 0.3) is 0 Å². The number of aromatic hydroxyl groups is 1. The van der Waals surface area contributed by atoms with Gasteiger partial charge in [0.1, 0.15) is 11.5 Å². The Bertz CT molecular complexity index is 451. The lowest BCUT2D eigenvalue weighted by atomic mass is 10.2. The van der Waals surface area contributed by atoms with Crippen molar-refractivity contribution in [2.75, 3.05) is 0 Å². The lowest BCUT2D eigenvalue weighted by molar-refractivity contribution is -0.274. The number of carboxylic acids is 1. The van der Waals surface area contributed by atoms with Crippen molar-refractivity contribution in [1.29, 1.82) is 0 Å². The molecule has 0 radical (unpaired) electrons. The molecule has 0 saturated heterocycles. The first kappa shape index (κ1) is 12.9. The first-order valence-electron chi connectivity index (χ1n) is 4.28. The van der Waals surface area contributed by atoms with Crippen molar-refractivity contribution in [3.63, 3.8) is 0 Å². The highest BCUT2D eigenvalue weighted by molar-refractivity contribution is 5.85. The van der Waals surface area contributed by atoms with Crippen molar-refractivity contribution in [3.05, 3.63) is 29.8 Å². The van der Waals surface area contributed by atoms with E-state index in [4.69, 9.17) is 5.11 Å². The van der Waals surface area contributed by atoms with Gasteiger partial charge in [-0.05, 0) is 18.2 Å². The smallest absolute Gasteiger partial charge is 0.507 e. The van der Waals surface area contributed by atoms with E-state index in [9.17, 15) is 23.1 Å². The summed E-state index contributed by atoms with van der Waals surface area (Å²) in [6.45, 7) is 0. The van der Waals surface area contributed by atoms with Gasteiger partial charge in [-0.25, -0.2) is 4.79 Å². The maximum absolute atomic E-state index is 11.8. The highest BCUT2D eigenvalue weighted by Crippen LogP contribution is 2.28. The van der Waals surface area contributed by atoms with Gasteiger partial charge in [0.2, 0.25) is 0 Å². The van der Waals surface area contributed by atoms with E-state index in [1.807, 2.05) is 0 Å². The van der Waals surface area contributed by atoms with Gasteiger partial charge in [0.15, 0.2) is 0 Å². The van der Waals surface area contributed by atoms with Gasteiger partial charge < -0.3 is 14.9 Å². The molecule has 4 nitrogen and oxygen atoms in total. The van der Waals surface area contributed by atoms with Gasteiger partial charge >= 0.3 is 12.3 Å². The molecule has 1 aromatic carbocycles. The fraction of sp³-hybridized carbons (Fsp3) is 0.100. The highest BCUT2D eigenvalue weighted by Gasteiger charge is 2.31. The summed E-state index contributed by atoms with van der Waals surface area (Å²) in [7, 11) is 0. The van der Waals surface area contributed by atoms with Crippen LogP contribution in [0.4, 0.5) is 13.2 Å². The first-order chi connectivity index (χ1) is 7.78. The highest BCUT2D eigenvalue weighted by atomic mass is 19.4. The number of carboxylic acid groups (broad SMARTS) is 1. The normalized spacial score (nSPS) is 11.7. The molecule has 0 aliphatic rings. The van der Waals surface area contributed by atoms with Crippen LogP contribution < -0.4 is 4.74 Å². The monoisotopic (exact) mass is 248 g/mol. The van der Waals surface area contributed by atoms with Crippen LogP contribution >= 0.6 is 0 Å². The Morgan fingerprint density at radius 2 is 2.00 bits per heavy atom. The van der Waals surface area contributed by atoms with Gasteiger partial charge in [-0.15, -0.1) is 13.2 Å². The van der Waals surface area contributed by atoms with Gasteiger partial charge in [0.05, 0.1) is 0 Å². The second-order valence-corrected chi connectivity index (χ2v) is 2.94. The third-order valence-electron chi connectivity index (χ3n) is 1.64. The lowest BCUT2D eigenvalue weighted by Gasteiger charge is -2.09. The van der Waals surface area contributed by atoms with Crippen molar-refractivity contribution in [2.24, 2.45) is 0 Å². The van der Waals surface area contributed by atoms with Crippen LogP contribution in [0.3, 0.4) is 0 Å². The maximum Gasteiger partial charge on any atom is 0.573 e. The second kappa shape index (κ2) is 4.77. The molecule has 7 heteroatoms. The van der Waals surface area contributed by atoms with Gasteiger partial charge in [0, 0.05) is 17.7 Å². The Morgan fingerprint density at radius 3 is 2.47 bits per heavy atom. The second-order valence-electron chi connectivity index (χ2n) is 2.94. The minimum Gasteiger partial charge on any atom is -0.507 e. The van der Waals surface area contributed by atoms with Crippen molar-refractivity contribution < 1.29 is 32.9 Å². The summed E-state index contributed by atoms with van der Waals surface area (Å²) in [5.41, 5.74) is 0.0712. The molecule has 0 aliphatic heterocycles. The molecule has 0 fully saturated rings. The van der Waals surface area contributed by atoms with Crippen LogP contribution in [0.25, 0.3) is 6.08 Å². The third-order valence-corrected chi connectivity index (χ3v) is 1.64. The number of phenolic OH excluding ortho intramolecular Hbond substituents is 1. The predicted molar refractivity (Wildman–Crippen MR) is 51.5 cm³/mol. The molecule has 0 bridgehead atoms. The summed E-state index contributed by atoms with van der Waals surface area (Å²) in [4.78, 5) is 10.2. The number of halogens is 3. The van der Waals surface area contributed by atoms with Crippen molar-refractivity contribution >= 4 is 12.0 Å². The fourth-order valence-corrected chi connectivity index (χ4v) is 1.02. The molecule has 1 aromatic rings. The van der Waals surface area contributed by atoms with Gasteiger partial charge in [-0.3, -0.25) is 0 Å². The first-order valence-corrected chi connectivity index (χ1v) is 4.28. The summed E-state index contributed by atoms with van der Waals surface area (Å²) in [6.07, 6.45) is -3.04. The number of benzene rings is 1. The molecular formula is C10H7F3O4. The largest absolute Gasteiger partial charge is 0.573 e. The lowest BCUT2D eigenvalue weighted by Crippen LogP contribution is -2.17. The van der Waals surface area contributed by atoms with Crippen LogP contribution in [-0.2, 0) is 4.79 Å². The van der Waals surface area contributed by atoms with Crippen molar-refractivity contribution in [1.82, 2.24) is 0 Å². The minimum absolute atomic E-state index is 0.0712. The molecule has 0 aliphatic carbocycles. The van der Waals surface area contributed by atoms with Crippen LogP contribution in [0.5, 0.6) is 11.5 Å². The fourth-order valence-electron chi connectivity index (χ4n) is 1.02. The number of rotatable bonds is 3. The van der Waals surface area contributed by atoms with Gasteiger partial charge in [-0.2, -0.15) is 0 Å². The van der Waals surface area contributed by atoms with E-state index in [2.05, 4.69) is 4.74 Å². The SMILES string of the molecule is O=C(O)/C=C/c1ccc(OC(F)(F)F)cc1O. The Hall–Kier alpha value is -2.18. The topological polar surface area (TPSA) is 66.8 Å². The van der Waals surface area contributed by atoms with Crippen molar-refractivity contribution in [2.45, 2.75) is 6.36 Å². The zero-order valence-electron chi connectivity index (χ0n) is 8.23. The number of aliphatic carboxylic acids is 1. The van der Waals surface area contributed by atoms with E-state index in [0.717, 1.165) is 30.4 Å². The average molecular weight is 248 g/mol. The molecule has 17 heavy (non-hydrogen) atoms. The van der Waals surface area contributed by atoms with Crippen LogP contribution in [0.2, 0.25) is 0 Å². The number of carbonyl (C=O) groups is 1. The van der Waals surface area contributed by atoms with E-state index in [1.54, 1.807) is 0 Å². The van der Waals surface area contributed by atoms with Crippen LogP contribution in [0.15, 0.2) is 24.3 Å². The number of phenols is 1. The van der Waals surface area contributed by atoms with Gasteiger partial charge in [-0.1, -0.05) is 0 Å². The standard InChI is InChI=1S/C10H7F3O4/c11-10(12,13)17-7-3-1-6(8(14)5-7)2-4-9(15)16/h1-5,14H,(H,15,16)/b4-2+. The summed E-state index contributed by atoms with van der Waals surface area (Å²) in [6, 6.07) is 2.82. The number of ether oxygens (including phenoxy) is 1. The Morgan fingerprint density at radius 1 is 1.35 bits per heavy atom. The molecule has 0 aromatic heterocycles. The van der Waals surface area contributed by atoms with Crippen molar-refractivity contribution in [3.8, 4) is 11.5 Å². The molecule has 2 N–H and O–H groups in total. The van der Waals surface area contributed by atoms with Crippen LogP contribution in [-0.4, -0.2) is 22.5 Å².